The van der Waals surface area contributed by atoms with Gasteiger partial charge < -0.3 is 0 Å². The van der Waals surface area contributed by atoms with Gasteiger partial charge in [-0.1, -0.05) is 19.8 Å². The molecule has 2 aromatic rings. The lowest BCUT2D eigenvalue weighted by atomic mass is 10.0. The first-order valence-electron chi connectivity index (χ1n) is 8.33. The molecule has 1 aliphatic heterocycles. The second-order valence-electron chi connectivity index (χ2n) is 6.02. The minimum atomic E-state index is 0.518. The maximum atomic E-state index is 4.34. The van der Waals surface area contributed by atoms with E-state index in [1.807, 2.05) is 27.8 Å². The summed E-state index contributed by atoms with van der Waals surface area (Å²) >= 11 is 0. The van der Waals surface area contributed by atoms with Gasteiger partial charge in [-0.3, -0.25) is 9.58 Å². The third-order valence-electron chi connectivity index (χ3n) is 4.38. The topological polar surface area (TPSA) is 64.7 Å². The third-order valence-corrected chi connectivity index (χ3v) is 4.38. The van der Waals surface area contributed by atoms with Crippen LogP contribution >= 0.6 is 0 Å². The highest BCUT2D eigenvalue weighted by molar-refractivity contribution is 4.87. The summed E-state index contributed by atoms with van der Waals surface area (Å²) in [6, 6.07) is 2.50. The summed E-state index contributed by atoms with van der Waals surface area (Å²) in [5.41, 5.74) is 0. The zero-order valence-electron chi connectivity index (χ0n) is 13.3. The number of hydrogen-bond acceptors (Lipinski definition) is 5. The van der Waals surface area contributed by atoms with Crippen molar-refractivity contribution in [3.63, 3.8) is 0 Å². The molecule has 22 heavy (non-hydrogen) atoms. The lowest BCUT2D eigenvalue weighted by Gasteiger charge is -2.35. The van der Waals surface area contributed by atoms with Gasteiger partial charge >= 0.3 is 0 Å². The molecule has 1 aliphatic rings. The minimum absolute atomic E-state index is 0.518. The number of aromatic nitrogens is 6. The predicted molar refractivity (Wildman–Crippen MR) is 83.0 cm³/mol. The van der Waals surface area contributed by atoms with Crippen molar-refractivity contribution in [2.24, 2.45) is 0 Å². The SMILES string of the molecule is CCCCn1nnnc1CN1CCCC[C@@H]1Cn1cccn1. The van der Waals surface area contributed by atoms with Crippen molar-refractivity contribution in [3.05, 3.63) is 24.3 Å². The minimum Gasteiger partial charge on any atom is -0.291 e. The van der Waals surface area contributed by atoms with Crippen molar-refractivity contribution in [1.82, 2.24) is 34.9 Å². The first kappa shape index (κ1) is 15.1. The molecule has 0 aromatic carbocycles. The van der Waals surface area contributed by atoms with Crippen LogP contribution in [0.1, 0.15) is 44.9 Å². The predicted octanol–water partition coefficient (Wildman–Crippen LogP) is 1.72. The lowest BCUT2D eigenvalue weighted by Crippen LogP contribution is -2.42. The summed E-state index contributed by atoms with van der Waals surface area (Å²) in [6.07, 6.45) is 9.93. The van der Waals surface area contributed by atoms with E-state index >= 15 is 0 Å². The Labute approximate surface area is 131 Å². The van der Waals surface area contributed by atoms with Crippen LogP contribution in [0.15, 0.2) is 18.5 Å². The second-order valence-corrected chi connectivity index (χ2v) is 6.02. The summed E-state index contributed by atoms with van der Waals surface area (Å²) in [7, 11) is 0. The van der Waals surface area contributed by atoms with Gasteiger partial charge in [0.25, 0.3) is 0 Å². The van der Waals surface area contributed by atoms with Crippen molar-refractivity contribution in [2.75, 3.05) is 6.54 Å². The number of unbranched alkanes of at least 4 members (excludes halogenated alkanes) is 1. The zero-order valence-corrected chi connectivity index (χ0v) is 13.3. The summed E-state index contributed by atoms with van der Waals surface area (Å²) in [4.78, 5) is 2.51. The van der Waals surface area contributed by atoms with Crippen LogP contribution in [0, 0.1) is 0 Å². The highest BCUT2D eigenvalue weighted by Crippen LogP contribution is 2.20. The molecule has 1 fully saturated rings. The molecule has 1 saturated heterocycles. The van der Waals surface area contributed by atoms with E-state index in [-0.39, 0.29) is 0 Å². The molecule has 0 saturated carbocycles. The maximum Gasteiger partial charge on any atom is 0.165 e. The van der Waals surface area contributed by atoms with Gasteiger partial charge in [-0.15, -0.1) is 5.10 Å². The van der Waals surface area contributed by atoms with Gasteiger partial charge in [0.2, 0.25) is 0 Å². The Kier molecular flexibility index (Phi) is 5.15. The molecular weight excluding hydrogens is 278 g/mol. The van der Waals surface area contributed by atoms with E-state index in [0.717, 1.165) is 44.8 Å². The average Bonchev–Trinajstić information content (AvgIpc) is 3.19. The fourth-order valence-electron chi connectivity index (χ4n) is 3.10. The van der Waals surface area contributed by atoms with Gasteiger partial charge in [0.1, 0.15) is 0 Å². The lowest BCUT2D eigenvalue weighted by molar-refractivity contribution is 0.116. The van der Waals surface area contributed by atoms with Crippen LogP contribution in [0.4, 0.5) is 0 Å². The number of nitrogens with zero attached hydrogens (tertiary/aromatic N) is 7. The molecule has 0 aliphatic carbocycles. The smallest absolute Gasteiger partial charge is 0.165 e. The molecule has 2 aromatic heterocycles. The van der Waals surface area contributed by atoms with Crippen LogP contribution in [0.25, 0.3) is 0 Å². The fourth-order valence-corrected chi connectivity index (χ4v) is 3.10. The molecule has 0 bridgehead atoms. The van der Waals surface area contributed by atoms with Gasteiger partial charge in [0.05, 0.1) is 13.1 Å². The molecule has 3 heterocycles. The van der Waals surface area contributed by atoms with Gasteiger partial charge in [0.15, 0.2) is 5.82 Å². The summed E-state index contributed by atoms with van der Waals surface area (Å²) in [6.45, 7) is 6.00. The van der Waals surface area contributed by atoms with E-state index in [1.165, 1.54) is 19.3 Å². The Morgan fingerprint density at radius 3 is 3.09 bits per heavy atom. The molecule has 0 amide bonds. The Balaban J connectivity index is 1.65. The van der Waals surface area contributed by atoms with Crippen molar-refractivity contribution in [3.8, 4) is 0 Å². The molecule has 3 rings (SSSR count). The molecular formula is C15H25N7. The van der Waals surface area contributed by atoms with Gasteiger partial charge in [-0.05, 0) is 42.3 Å². The number of likely N-dealkylation sites (tertiary alicyclic amines) is 1. The van der Waals surface area contributed by atoms with E-state index < -0.39 is 0 Å². The van der Waals surface area contributed by atoms with Gasteiger partial charge in [-0.25, -0.2) is 4.68 Å². The molecule has 120 valence electrons. The zero-order chi connectivity index (χ0) is 15.2. The standard InChI is InChI=1S/C15H25N7/c1-2-3-11-22-15(17-18-19-22)13-20-9-5-4-7-14(20)12-21-10-6-8-16-21/h6,8,10,14H,2-5,7,9,11-13H2,1H3/t14-/m1/s1. The van der Waals surface area contributed by atoms with E-state index in [1.54, 1.807) is 0 Å². The van der Waals surface area contributed by atoms with Crippen LogP contribution in [0.3, 0.4) is 0 Å². The van der Waals surface area contributed by atoms with Crippen LogP contribution in [-0.4, -0.2) is 47.5 Å². The van der Waals surface area contributed by atoms with E-state index in [0.29, 0.717) is 6.04 Å². The largest absolute Gasteiger partial charge is 0.291 e. The number of aryl methyl sites for hydroxylation is 1. The van der Waals surface area contributed by atoms with E-state index in [9.17, 15) is 0 Å². The van der Waals surface area contributed by atoms with Crippen LogP contribution in [-0.2, 0) is 19.6 Å². The number of hydrogen-bond donors (Lipinski definition) is 0. The number of rotatable bonds is 7. The molecule has 0 unspecified atom stereocenters. The second kappa shape index (κ2) is 7.49. The third kappa shape index (κ3) is 3.71. The molecule has 0 radical (unpaired) electrons. The summed E-state index contributed by atoms with van der Waals surface area (Å²) in [5.74, 6) is 0.987. The number of piperidine rings is 1. The molecule has 7 nitrogen and oxygen atoms in total. The van der Waals surface area contributed by atoms with E-state index in [2.05, 4.69) is 32.4 Å². The maximum absolute atomic E-state index is 4.34. The monoisotopic (exact) mass is 303 g/mol. The average molecular weight is 303 g/mol. The highest BCUT2D eigenvalue weighted by Gasteiger charge is 2.24. The number of tetrazole rings is 1. The Bertz CT molecular complexity index is 548. The van der Waals surface area contributed by atoms with Crippen LogP contribution in [0.2, 0.25) is 0 Å². The Morgan fingerprint density at radius 1 is 1.32 bits per heavy atom. The molecule has 0 spiro atoms. The van der Waals surface area contributed by atoms with Crippen molar-refractivity contribution in [2.45, 2.75) is 64.7 Å². The van der Waals surface area contributed by atoms with Crippen molar-refractivity contribution in [1.29, 1.82) is 0 Å². The van der Waals surface area contributed by atoms with Crippen LogP contribution in [0.5, 0.6) is 0 Å². The highest BCUT2D eigenvalue weighted by atomic mass is 15.5. The summed E-state index contributed by atoms with van der Waals surface area (Å²) in [5, 5.41) is 16.6. The molecule has 0 N–H and O–H groups in total. The molecule has 7 heteroatoms. The Morgan fingerprint density at radius 2 is 2.27 bits per heavy atom. The van der Waals surface area contributed by atoms with Gasteiger partial charge in [0, 0.05) is 25.0 Å². The quantitative estimate of drug-likeness (QED) is 0.779. The van der Waals surface area contributed by atoms with E-state index in [4.69, 9.17) is 0 Å². The first-order chi connectivity index (χ1) is 10.9. The van der Waals surface area contributed by atoms with Gasteiger partial charge in [-0.2, -0.15) is 5.10 Å². The Hall–Kier alpha value is -1.76. The fraction of sp³-hybridized carbons (Fsp3) is 0.733. The summed E-state index contributed by atoms with van der Waals surface area (Å²) < 4.78 is 3.99. The first-order valence-corrected chi connectivity index (χ1v) is 8.33. The van der Waals surface area contributed by atoms with Crippen molar-refractivity contribution < 1.29 is 0 Å². The normalized spacial score (nSPS) is 19.6. The molecule has 1 atom stereocenters. The van der Waals surface area contributed by atoms with Crippen LogP contribution < -0.4 is 0 Å². The van der Waals surface area contributed by atoms with Crippen molar-refractivity contribution >= 4 is 0 Å².